The van der Waals surface area contributed by atoms with Crippen LogP contribution in [0.2, 0.25) is 5.02 Å². The van der Waals surface area contributed by atoms with Crippen molar-refractivity contribution < 1.29 is 22.7 Å². The van der Waals surface area contributed by atoms with Gasteiger partial charge in [-0.25, -0.2) is 13.2 Å². The van der Waals surface area contributed by atoms with Gasteiger partial charge >= 0.3 is 5.97 Å². The number of hydrogen-bond donors (Lipinski definition) is 0. The Hall–Kier alpha value is -2.22. The third-order valence-corrected chi connectivity index (χ3v) is 6.47. The zero-order chi connectivity index (χ0) is 20.2. The minimum Gasteiger partial charge on any atom is -0.423 e. The number of esters is 1. The molecule has 2 aromatic rings. The van der Waals surface area contributed by atoms with E-state index in [0.29, 0.717) is 5.56 Å². The maximum atomic E-state index is 12.7. The summed E-state index contributed by atoms with van der Waals surface area (Å²) in [4.78, 5) is 23.7. The van der Waals surface area contributed by atoms with Crippen LogP contribution in [0.1, 0.15) is 41.5 Å². The zero-order valence-corrected chi connectivity index (χ0v) is 16.8. The molecule has 2 aromatic carbocycles. The normalized spacial score (nSPS) is 11.4. The van der Waals surface area contributed by atoms with Crippen molar-refractivity contribution in [3.63, 3.8) is 0 Å². The maximum absolute atomic E-state index is 12.7. The number of carbonyl (C=O) groups is 2. The number of halogens is 1. The first-order valence-corrected chi connectivity index (χ1v) is 10.1. The number of benzene rings is 2. The van der Waals surface area contributed by atoms with Gasteiger partial charge in [0.15, 0.2) is 5.78 Å². The molecule has 0 radical (unpaired) electrons. The quantitative estimate of drug-likeness (QED) is 0.395. The molecule has 0 saturated heterocycles. The summed E-state index contributed by atoms with van der Waals surface area (Å²) in [6, 6.07) is 10.1. The van der Waals surface area contributed by atoms with Crippen LogP contribution >= 0.6 is 11.6 Å². The number of hydrogen-bond acceptors (Lipinski definition) is 5. The van der Waals surface area contributed by atoms with Gasteiger partial charge in [-0.2, -0.15) is 4.31 Å². The summed E-state index contributed by atoms with van der Waals surface area (Å²) in [5.41, 5.74) is 0.444. The van der Waals surface area contributed by atoms with Gasteiger partial charge in [0.1, 0.15) is 10.6 Å². The highest BCUT2D eigenvalue weighted by atomic mass is 35.5. The van der Waals surface area contributed by atoms with Gasteiger partial charge in [0.2, 0.25) is 10.0 Å². The van der Waals surface area contributed by atoms with Gasteiger partial charge in [0.05, 0.1) is 10.6 Å². The minimum atomic E-state index is -3.83. The molecule has 0 aliphatic rings. The maximum Gasteiger partial charge on any atom is 0.343 e. The average Bonchev–Trinajstić information content (AvgIpc) is 2.62. The number of ether oxygens (including phenoxy) is 1. The molecular weight excluding hydrogens is 390 g/mol. The van der Waals surface area contributed by atoms with Crippen molar-refractivity contribution in [2.45, 2.75) is 25.7 Å². The molecule has 0 N–H and O–H groups in total. The highest BCUT2D eigenvalue weighted by molar-refractivity contribution is 7.89. The van der Waals surface area contributed by atoms with Crippen molar-refractivity contribution in [1.82, 2.24) is 4.31 Å². The molecule has 0 spiro atoms. The van der Waals surface area contributed by atoms with E-state index in [1.807, 2.05) is 0 Å². The number of ketones is 1. The van der Waals surface area contributed by atoms with Gasteiger partial charge in [-0.1, -0.05) is 37.6 Å². The van der Waals surface area contributed by atoms with Gasteiger partial charge in [-0.05, 0) is 37.3 Å². The highest BCUT2D eigenvalue weighted by Gasteiger charge is 2.26. The lowest BCUT2D eigenvalue weighted by molar-refractivity contribution is 0.0733. The van der Waals surface area contributed by atoms with Crippen LogP contribution in [0.15, 0.2) is 47.4 Å². The smallest absolute Gasteiger partial charge is 0.343 e. The summed E-state index contributed by atoms with van der Waals surface area (Å²) >= 11 is 6.06. The number of Topliss-reactive ketones (excluding diaryl/α,β-unsaturated/α-hetero) is 1. The third kappa shape index (κ3) is 4.74. The van der Waals surface area contributed by atoms with E-state index < -0.39 is 16.0 Å². The van der Waals surface area contributed by atoms with E-state index in [1.54, 1.807) is 26.0 Å². The Balaban J connectivity index is 2.36. The summed E-state index contributed by atoms with van der Waals surface area (Å²) in [7, 11) is -3.83. The lowest BCUT2D eigenvalue weighted by Crippen LogP contribution is -2.31. The van der Waals surface area contributed by atoms with Crippen molar-refractivity contribution in [2.24, 2.45) is 0 Å². The van der Waals surface area contributed by atoms with Crippen molar-refractivity contribution >= 4 is 33.4 Å². The fraction of sp³-hybridized carbons (Fsp3) is 0.263. The molecule has 0 aliphatic heterocycles. The molecule has 0 aliphatic carbocycles. The Morgan fingerprint density at radius 2 is 1.70 bits per heavy atom. The number of rotatable bonds is 7. The molecule has 0 aromatic heterocycles. The number of nitrogens with zero attached hydrogens (tertiary/aromatic N) is 1. The van der Waals surface area contributed by atoms with E-state index in [4.69, 9.17) is 16.3 Å². The standard InChI is InChI=1S/C19H20ClNO5S/c1-4-21(5-2)27(24,25)18-12-15(9-10-17(18)20)19(23)26-16-8-6-7-14(11-16)13(3)22/h6-12H,4-5H2,1-3H3. The van der Waals surface area contributed by atoms with Gasteiger partial charge in [0.25, 0.3) is 0 Å². The van der Waals surface area contributed by atoms with Crippen molar-refractivity contribution in [2.75, 3.05) is 13.1 Å². The van der Waals surface area contributed by atoms with Crippen molar-refractivity contribution in [3.05, 3.63) is 58.6 Å². The highest BCUT2D eigenvalue weighted by Crippen LogP contribution is 2.26. The molecule has 6 nitrogen and oxygen atoms in total. The second-order valence-electron chi connectivity index (χ2n) is 5.71. The molecule has 27 heavy (non-hydrogen) atoms. The van der Waals surface area contributed by atoms with Crippen LogP contribution in [0.3, 0.4) is 0 Å². The van der Waals surface area contributed by atoms with Gasteiger partial charge < -0.3 is 4.74 Å². The van der Waals surface area contributed by atoms with Crippen LogP contribution in [0.4, 0.5) is 0 Å². The summed E-state index contributed by atoms with van der Waals surface area (Å²) in [5, 5.41) is 0.0250. The van der Waals surface area contributed by atoms with Crippen LogP contribution in [0.25, 0.3) is 0 Å². The Kier molecular flexibility index (Phi) is 6.75. The molecule has 0 bridgehead atoms. The fourth-order valence-electron chi connectivity index (χ4n) is 2.48. The summed E-state index contributed by atoms with van der Waals surface area (Å²) in [6.45, 7) is 5.40. The Morgan fingerprint density at radius 3 is 2.30 bits per heavy atom. The first kappa shape index (κ1) is 21.1. The van der Waals surface area contributed by atoms with E-state index in [-0.39, 0.29) is 40.1 Å². The molecule has 0 amide bonds. The molecule has 0 fully saturated rings. The number of sulfonamides is 1. The van der Waals surface area contributed by atoms with Crippen molar-refractivity contribution in [3.8, 4) is 5.75 Å². The lowest BCUT2D eigenvalue weighted by Gasteiger charge is -2.19. The van der Waals surface area contributed by atoms with Crippen LogP contribution in [0.5, 0.6) is 5.75 Å². The fourth-order valence-corrected chi connectivity index (χ4v) is 4.43. The summed E-state index contributed by atoms with van der Waals surface area (Å²) in [6.07, 6.45) is 0. The Bertz CT molecular complexity index is 968. The van der Waals surface area contributed by atoms with E-state index in [9.17, 15) is 18.0 Å². The van der Waals surface area contributed by atoms with E-state index in [1.165, 1.54) is 41.6 Å². The monoisotopic (exact) mass is 409 g/mol. The summed E-state index contributed by atoms with van der Waals surface area (Å²) < 4.78 is 32.0. The predicted molar refractivity (Wildman–Crippen MR) is 103 cm³/mol. The molecule has 144 valence electrons. The molecule has 0 saturated carbocycles. The third-order valence-electron chi connectivity index (χ3n) is 3.94. The zero-order valence-electron chi connectivity index (χ0n) is 15.2. The number of carbonyl (C=O) groups excluding carboxylic acids is 2. The Labute approximate surface area is 163 Å². The molecule has 2 rings (SSSR count). The minimum absolute atomic E-state index is 0.0250. The van der Waals surface area contributed by atoms with Crippen LogP contribution in [-0.2, 0) is 10.0 Å². The molecule has 0 atom stereocenters. The topological polar surface area (TPSA) is 80.8 Å². The molecule has 8 heteroatoms. The first-order valence-electron chi connectivity index (χ1n) is 8.33. The SMILES string of the molecule is CCN(CC)S(=O)(=O)c1cc(C(=O)Oc2cccc(C(C)=O)c2)ccc1Cl. The largest absolute Gasteiger partial charge is 0.423 e. The Morgan fingerprint density at radius 1 is 1.04 bits per heavy atom. The molecular formula is C19H20ClNO5S. The van der Waals surface area contributed by atoms with Crippen molar-refractivity contribution in [1.29, 1.82) is 0 Å². The van der Waals surface area contributed by atoms with Gasteiger partial charge in [0, 0.05) is 18.7 Å². The van der Waals surface area contributed by atoms with E-state index in [0.717, 1.165) is 0 Å². The van der Waals surface area contributed by atoms with Crippen LogP contribution in [-0.4, -0.2) is 37.6 Å². The lowest BCUT2D eigenvalue weighted by atomic mass is 10.1. The van der Waals surface area contributed by atoms with Crippen LogP contribution in [0, 0.1) is 0 Å². The molecule has 0 unspecified atom stereocenters. The molecule has 0 heterocycles. The first-order chi connectivity index (χ1) is 12.7. The van der Waals surface area contributed by atoms with Gasteiger partial charge in [-0.3, -0.25) is 4.79 Å². The predicted octanol–water partition coefficient (Wildman–Crippen LogP) is 3.79. The van der Waals surface area contributed by atoms with Gasteiger partial charge in [-0.15, -0.1) is 0 Å². The second-order valence-corrected chi connectivity index (χ2v) is 8.02. The van der Waals surface area contributed by atoms with Crippen LogP contribution < -0.4 is 4.74 Å². The van der Waals surface area contributed by atoms with E-state index in [2.05, 4.69) is 0 Å². The summed E-state index contributed by atoms with van der Waals surface area (Å²) in [5.74, 6) is -0.717. The van der Waals surface area contributed by atoms with E-state index >= 15 is 0 Å². The second kappa shape index (κ2) is 8.65. The average molecular weight is 410 g/mol.